The fraction of sp³-hybridized carbons (Fsp3) is 0.394. The van der Waals surface area contributed by atoms with Gasteiger partial charge in [0.1, 0.15) is 23.2 Å². The van der Waals surface area contributed by atoms with Crippen LogP contribution in [0.3, 0.4) is 0 Å². The van der Waals surface area contributed by atoms with E-state index in [2.05, 4.69) is 26.4 Å². The van der Waals surface area contributed by atoms with E-state index in [1.807, 2.05) is 29.2 Å². The number of anilines is 1. The lowest BCUT2D eigenvalue weighted by molar-refractivity contribution is -0.125. The van der Waals surface area contributed by atoms with Gasteiger partial charge in [-0.15, -0.1) is 0 Å². The Balaban J connectivity index is 0.000000323. The molecule has 3 unspecified atom stereocenters. The van der Waals surface area contributed by atoms with Crippen molar-refractivity contribution in [2.24, 2.45) is 0 Å². The summed E-state index contributed by atoms with van der Waals surface area (Å²) in [6, 6.07) is 11.8. The molecule has 230 valence electrons. The number of pyridine rings is 1. The third-order valence-corrected chi connectivity index (χ3v) is 9.16. The van der Waals surface area contributed by atoms with Crippen LogP contribution in [0.2, 0.25) is 5.02 Å². The first-order valence-electron chi connectivity index (χ1n) is 14.9. The number of nitrogens with zero attached hydrogens (tertiary/aromatic N) is 6. The maximum atomic E-state index is 16.0. The van der Waals surface area contributed by atoms with Crippen LogP contribution < -0.4 is 9.64 Å². The Morgan fingerprint density at radius 3 is 2.70 bits per heavy atom. The van der Waals surface area contributed by atoms with Gasteiger partial charge in [0.25, 0.3) is 0 Å². The maximum absolute atomic E-state index is 16.0. The van der Waals surface area contributed by atoms with Gasteiger partial charge in [-0.25, -0.2) is 8.78 Å². The molecule has 7 rings (SSSR count). The Labute approximate surface area is 260 Å². The van der Waals surface area contributed by atoms with Gasteiger partial charge in [0.2, 0.25) is 5.91 Å². The quantitative estimate of drug-likeness (QED) is 0.243. The smallest absolute Gasteiger partial charge is 0.318 e. The lowest BCUT2D eigenvalue weighted by Gasteiger charge is -2.43. The zero-order chi connectivity index (χ0) is 31.0. The maximum Gasteiger partial charge on any atom is 0.318 e. The molecule has 3 aliphatic rings. The lowest BCUT2D eigenvalue weighted by atomic mass is 10.00. The SMILES string of the molecule is C=CC(=O)N(C)CC1CCN1c1nc(OC)nc2c(F)c(-c3cccc4cccc(Cl)c34)ncc12.FC1CC2CCCN2C1. The molecule has 0 N–H and O–H groups in total. The summed E-state index contributed by atoms with van der Waals surface area (Å²) in [7, 11) is 3.17. The summed E-state index contributed by atoms with van der Waals surface area (Å²) < 4.78 is 33.9. The number of aromatic nitrogens is 3. The number of amides is 1. The molecule has 3 saturated heterocycles. The summed E-state index contributed by atoms with van der Waals surface area (Å²) in [5, 5.41) is 2.60. The van der Waals surface area contributed by atoms with Crippen LogP contribution >= 0.6 is 11.6 Å². The van der Waals surface area contributed by atoms with Crippen molar-refractivity contribution in [3.63, 3.8) is 0 Å². The van der Waals surface area contributed by atoms with Gasteiger partial charge in [-0.2, -0.15) is 9.97 Å². The van der Waals surface area contributed by atoms with Crippen molar-refractivity contribution in [2.75, 3.05) is 45.2 Å². The highest BCUT2D eigenvalue weighted by molar-refractivity contribution is 6.36. The number of ether oxygens (including phenoxy) is 1. The molecule has 1 amide bonds. The lowest BCUT2D eigenvalue weighted by Crippen LogP contribution is -2.54. The Bertz CT molecular complexity index is 1700. The number of hydrogen-bond donors (Lipinski definition) is 0. The van der Waals surface area contributed by atoms with Crippen molar-refractivity contribution in [1.82, 2.24) is 24.8 Å². The van der Waals surface area contributed by atoms with Gasteiger partial charge in [-0.05, 0) is 49.8 Å². The number of carbonyl (C=O) groups is 1. The number of hydrogen-bond acceptors (Lipinski definition) is 7. The second-order valence-electron chi connectivity index (χ2n) is 11.5. The molecule has 5 heterocycles. The number of halogens is 3. The Hall–Kier alpha value is -3.89. The van der Waals surface area contributed by atoms with Gasteiger partial charge in [0.15, 0.2) is 5.82 Å². The van der Waals surface area contributed by atoms with E-state index in [1.165, 1.54) is 26.0 Å². The largest absolute Gasteiger partial charge is 0.467 e. The summed E-state index contributed by atoms with van der Waals surface area (Å²) >= 11 is 6.48. The van der Waals surface area contributed by atoms with Crippen LogP contribution in [0.4, 0.5) is 14.6 Å². The van der Waals surface area contributed by atoms with Crippen molar-refractivity contribution in [3.8, 4) is 17.3 Å². The van der Waals surface area contributed by atoms with Gasteiger partial charge in [0, 0.05) is 60.9 Å². The highest BCUT2D eigenvalue weighted by atomic mass is 35.5. The molecule has 0 radical (unpaired) electrons. The fourth-order valence-electron chi connectivity index (χ4n) is 6.51. The van der Waals surface area contributed by atoms with Crippen LogP contribution in [-0.2, 0) is 4.79 Å². The van der Waals surface area contributed by atoms with Crippen LogP contribution in [0.5, 0.6) is 6.01 Å². The normalized spacial score (nSPS) is 21.0. The summed E-state index contributed by atoms with van der Waals surface area (Å²) in [5.74, 6) is -0.211. The van der Waals surface area contributed by atoms with Crippen molar-refractivity contribution in [1.29, 1.82) is 0 Å². The molecular weight excluding hydrogens is 586 g/mol. The highest BCUT2D eigenvalue weighted by Crippen LogP contribution is 2.38. The van der Waals surface area contributed by atoms with Crippen LogP contribution in [0.1, 0.15) is 25.7 Å². The fourth-order valence-corrected chi connectivity index (χ4v) is 6.79. The van der Waals surface area contributed by atoms with Crippen LogP contribution in [0.25, 0.3) is 32.9 Å². The summed E-state index contributed by atoms with van der Waals surface area (Å²) in [4.78, 5) is 31.2. The Morgan fingerprint density at radius 2 is 2.00 bits per heavy atom. The molecule has 0 saturated carbocycles. The van der Waals surface area contributed by atoms with Gasteiger partial charge < -0.3 is 14.5 Å². The monoisotopic (exact) mass is 620 g/mol. The molecule has 4 aromatic rings. The summed E-state index contributed by atoms with van der Waals surface area (Å²) in [5.41, 5.74) is 0.847. The zero-order valence-electron chi connectivity index (χ0n) is 24.8. The van der Waals surface area contributed by atoms with Crippen LogP contribution in [0.15, 0.2) is 55.3 Å². The van der Waals surface area contributed by atoms with Crippen LogP contribution in [-0.4, -0.2) is 89.3 Å². The van der Waals surface area contributed by atoms with Crippen molar-refractivity contribution >= 4 is 45.0 Å². The van der Waals surface area contributed by atoms with E-state index in [9.17, 15) is 9.18 Å². The molecule has 44 heavy (non-hydrogen) atoms. The predicted octanol–water partition coefficient (Wildman–Crippen LogP) is 6.06. The predicted molar refractivity (Wildman–Crippen MR) is 169 cm³/mol. The van der Waals surface area contributed by atoms with Crippen molar-refractivity contribution < 1.29 is 18.3 Å². The van der Waals surface area contributed by atoms with Crippen molar-refractivity contribution in [2.45, 2.75) is 43.9 Å². The van der Waals surface area contributed by atoms with E-state index in [-0.39, 0.29) is 29.2 Å². The number of alkyl halides is 1. The second-order valence-corrected chi connectivity index (χ2v) is 12.0. The zero-order valence-corrected chi connectivity index (χ0v) is 25.6. The topological polar surface area (TPSA) is 74.7 Å². The molecule has 3 atom stereocenters. The number of carbonyl (C=O) groups excluding carboxylic acids is 1. The minimum atomic E-state index is -0.576. The van der Waals surface area contributed by atoms with E-state index < -0.39 is 12.0 Å². The number of benzene rings is 2. The first-order chi connectivity index (χ1) is 21.3. The number of methoxy groups -OCH3 is 1. The highest BCUT2D eigenvalue weighted by Gasteiger charge is 2.35. The number of fused-ring (bicyclic) bond motifs is 3. The Morgan fingerprint density at radius 1 is 1.20 bits per heavy atom. The minimum absolute atomic E-state index is 0.0197. The molecule has 2 aromatic heterocycles. The molecular formula is C33H35ClF2N6O2. The minimum Gasteiger partial charge on any atom is -0.467 e. The van der Waals surface area contributed by atoms with E-state index in [0.717, 1.165) is 30.2 Å². The molecule has 2 aromatic carbocycles. The van der Waals surface area contributed by atoms with Gasteiger partial charge in [-0.3, -0.25) is 14.7 Å². The van der Waals surface area contributed by atoms with E-state index >= 15 is 4.39 Å². The average Bonchev–Trinajstić information content (AvgIpc) is 3.60. The van der Waals surface area contributed by atoms with E-state index in [0.29, 0.717) is 47.5 Å². The molecule has 0 bridgehead atoms. The summed E-state index contributed by atoms with van der Waals surface area (Å²) in [6.45, 7) is 6.59. The number of likely N-dealkylation sites (N-methyl/N-ethyl adjacent to an activating group) is 1. The molecule has 0 aliphatic carbocycles. The van der Waals surface area contributed by atoms with Gasteiger partial charge >= 0.3 is 6.01 Å². The van der Waals surface area contributed by atoms with Gasteiger partial charge in [0.05, 0.1) is 12.5 Å². The third-order valence-electron chi connectivity index (χ3n) is 8.85. The molecule has 8 nitrogen and oxygen atoms in total. The Kier molecular flexibility index (Phi) is 8.64. The number of rotatable bonds is 6. The standard InChI is InChI=1S/C26H23ClFN5O2.C7H12FN/c1-4-20(34)32(2)14-16-11-12-33(16)25-18-13-29-23(22(28)24(18)30-26(31-25)35-3)17-9-5-7-15-8-6-10-19(27)21(15)17;8-6-4-7-2-1-3-9(7)5-6/h4-10,13,16H,1,11-12,14H2,2-3H3;6-7H,1-5H2. The van der Waals surface area contributed by atoms with Crippen molar-refractivity contribution in [3.05, 3.63) is 66.1 Å². The van der Waals surface area contributed by atoms with Gasteiger partial charge in [-0.1, -0.05) is 48.5 Å². The molecule has 3 fully saturated rings. The third kappa shape index (κ3) is 5.68. The first kappa shape index (κ1) is 30.1. The first-order valence-corrected chi connectivity index (χ1v) is 15.3. The second kappa shape index (κ2) is 12.6. The van der Waals surface area contributed by atoms with Crippen LogP contribution in [0, 0.1) is 5.82 Å². The van der Waals surface area contributed by atoms with E-state index in [4.69, 9.17) is 16.3 Å². The molecule has 0 spiro atoms. The molecule has 11 heteroatoms. The molecule has 3 aliphatic heterocycles. The average molecular weight is 621 g/mol. The summed E-state index contributed by atoms with van der Waals surface area (Å²) in [6.07, 6.45) is 6.55. The van der Waals surface area contributed by atoms with E-state index in [1.54, 1.807) is 30.3 Å².